The van der Waals surface area contributed by atoms with Crippen LogP contribution in [0.1, 0.15) is 42.9 Å². The fourth-order valence-corrected chi connectivity index (χ4v) is 5.17. The summed E-state index contributed by atoms with van der Waals surface area (Å²) in [5.41, 5.74) is 3.64. The molecule has 4 aromatic rings. The van der Waals surface area contributed by atoms with Crippen molar-refractivity contribution in [1.82, 2.24) is 20.3 Å². The van der Waals surface area contributed by atoms with Crippen molar-refractivity contribution in [3.05, 3.63) is 77.9 Å². The summed E-state index contributed by atoms with van der Waals surface area (Å²) in [6.45, 7) is 1.88. The highest BCUT2D eigenvalue weighted by Gasteiger charge is 2.36. The van der Waals surface area contributed by atoms with Crippen LogP contribution >= 0.6 is 0 Å². The van der Waals surface area contributed by atoms with Crippen molar-refractivity contribution in [3.8, 4) is 11.5 Å². The highest BCUT2D eigenvalue weighted by atomic mass is 16.5. The Morgan fingerprint density at radius 1 is 1.03 bits per heavy atom. The van der Waals surface area contributed by atoms with Crippen molar-refractivity contribution < 1.29 is 19.1 Å². The number of fused-ring (bicyclic) bond motifs is 1. The zero-order valence-corrected chi connectivity index (χ0v) is 22.5. The maximum atomic E-state index is 14.2. The quantitative estimate of drug-likeness (QED) is 0.342. The fourth-order valence-electron chi connectivity index (χ4n) is 5.17. The first-order valence-electron chi connectivity index (χ1n) is 13.2. The lowest BCUT2D eigenvalue weighted by Gasteiger charge is -2.33. The lowest BCUT2D eigenvalue weighted by molar-refractivity contribution is -0.127. The van der Waals surface area contributed by atoms with Crippen molar-refractivity contribution in [2.75, 3.05) is 19.1 Å². The normalized spacial score (nSPS) is 14.2. The second-order valence-corrected chi connectivity index (χ2v) is 9.84. The summed E-state index contributed by atoms with van der Waals surface area (Å²) in [6, 6.07) is 19.4. The van der Waals surface area contributed by atoms with E-state index in [2.05, 4.69) is 15.6 Å². The molecule has 0 saturated heterocycles. The van der Waals surface area contributed by atoms with Gasteiger partial charge in [0.1, 0.15) is 29.6 Å². The average Bonchev–Trinajstić information content (AvgIpc) is 3.62. The fraction of sp³-hybridized carbons (Fsp3) is 0.333. The number of nitrogens with zero attached hydrogens (tertiary/aromatic N) is 4. The summed E-state index contributed by atoms with van der Waals surface area (Å²) in [5.74, 6) is 0.478. The molecule has 1 aromatic heterocycles. The molecule has 2 amide bonds. The van der Waals surface area contributed by atoms with Crippen molar-refractivity contribution in [2.24, 2.45) is 0 Å². The Kier molecular flexibility index (Phi) is 7.76. The van der Waals surface area contributed by atoms with Gasteiger partial charge >= 0.3 is 0 Å². The molecule has 9 heteroatoms. The van der Waals surface area contributed by atoms with E-state index in [9.17, 15) is 9.59 Å². The van der Waals surface area contributed by atoms with Crippen molar-refractivity contribution in [1.29, 1.82) is 0 Å². The molecule has 1 heterocycles. The molecule has 0 unspecified atom stereocenters. The molecule has 39 heavy (non-hydrogen) atoms. The summed E-state index contributed by atoms with van der Waals surface area (Å²) >= 11 is 0. The monoisotopic (exact) mass is 527 g/mol. The van der Waals surface area contributed by atoms with E-state index in [-0.39, 0.29) is 24.4 Å². The minimum atomic E-state index is -0.989. The standard InChI is InChI=1S/C30H33N5O4/c1-20-12-14-22(15-13-20)35(28(36)19-34-26-11-7-6-10-25(26)32-33-34)29(30(37)31-21-8-4-5-9-21)24-17-16-23(38-2)18-27(24)39-3/h6-7,10-18,21,29H,4-5,8-9,19H2,1-3H3,(H,31,37)/t29-/m0/s1. The molecule has 1 atom stereocenters. The van der Waals surface area contributed by atoms with E-state index < -0.39 is 6.04 Å². The van der Waals surface area contributed by atoms with Gasteiger partial charge in [-0.25, -0.2) is 4.68 Å². The number of hydrogen-bond donors (Lipinski definition) is 1. The molecule has 0 radical (unpaired) electrons. The second-order valence-electron chi connectivity index (χ2n) is 9.84. The molecular formula is C30H33N5O4. The van der Waals surface area contributed by atoms with Gasteiger partial charge in [-0.05, 0) is 56.2 Å². The van der Waals surface area contributed by atoms with E-state index in [1.54, 1.807) is 42.0 Å². The number of anilines is 1. The predicted octanol–water partition coefficient (Wildman–Crippen LogP) is 4.59. The van der Waals surface area contributed by atoms with Gasteiger partial charge in [-0.15, -0.1) is 5.10 Å². The van der Waals surface area contributed by atoms with Crippen LogP contribution in [0.4, 0.5) is 5.69 Å². The Morgan fingerprint density at radius 2 is 1.77 bits per heavy atom. The van der Waals surface area contributed by atoms with Crippen LogP contribution < -0.4 is 19.7 Å². The number of ether oxygens (including phenoxy) is 2. The topological polar surface area (TPSA) is 98.6 Å². The van der Waals surface area contributed by atoms with Gasteiger partial charge in [0.15, 0.2) is 0 Å². The molecular weight excluding hydrogens is 494 g/mol. The van der Waals surface area contributed by atoms with E-state index in [1.807, 2.05) is 55.5 Å². The third-order valence-corrected chi connectivity index (χ3v) is 7.23. The Hall–Kier alpha value is -4.40. The highest BCUT2D eigenvalue weighted by molar-refractivity contribution is 6.02. The van der Waals surface area contributed by atoms with E-state index in [1.165, 1.54) is 0 Å². The van der Waals surface area contributed by atoms with Crippen LogP contribution in [0.5, 0.6) is 11.5 Å². The van der Waals surface area contributed by atoms with Crippen LogP contribution in [0, 0.1) is 6.92 Å². The summed E-state index contributed by atoms with van der Waals surface area (Å²) in [4.78, 5) is 29.9. The Labute approximate surface area is 227 Å². The van der Waals surface area contributed by atoms with Crippen LogP contribution in [0.15, 0.2) is 66.7 Å². The molecule has 9 nitrogen and oxygen atoms in total. The lowest BCUT2D eigenvalue weighted by Crippen LogP contribution is -2.47. The zero-order valence-electron chi connectivity index (χ0n) is 22.5. The zero-order chi connectivity index (χ0) is 27.4. The number of carbonyl (C=O) groups is 2. The molecule has 1 aliphatic carbocycles. The summed E-state index contributed by atoms with van der Waals surface area (Å²) < 4.78 is 12.7. The first-order chi connectivity index (χ1) is 19.0. The SMILES string of the molecule is COc1ccc([C@@H](C(=O)NC2CCCC2)N(C(=O)Cn2nnc3ccccc32)c2ccc(C)cc2)c(OC)c1. The van der Waals surface area contributed by atoms with Crippen LogP contribution in [-0.2, 0) is 16.1 Å². The number of aromatic nitrogens is 3. The van der Waals surface area contributed by atoms with Crippen molar-refractivity contribution in [2.45, 2.75) is 51.2 Å². The number of amides is 2. The second kappa shape index (κ2) is 11.6. The molecule has 0 spiro atoms. The Balaban J connectivity index is 1.61. The number of para-hydroxylation sites is 1. The molecule has 1 saturated carbocycles. The van der Waals surface area contributed by atoms with Crippen LogP contribution in [0.3, 0.4) is 0 Å². The number of aryl methyl sites for hydroxylation is 1. The largest absolute Gasteiger partial charge is 0.497 e. The van der Waals surface area contributed by atoms with Gasteiger partial charge in [0.2, 0.25) is 11.8 Å². The first kappa shape index (κ1) is 26.2. The minimum absolute atomic E-state index is 0.0680. The van der Waals surface area contributed by atoms with Gasteiger partial charge < -0.3 is 14.8 Å². The Bertz CT molecular complexity index is 1460. The van der Waals surface area contributed by atoms with Crippen LogP contribution in [0.2, 0.25) is 0 Å². The van der Waals surface area contributed by atoms with Crippen molar-refractivity contribution >= 4 is 28.5 Å². The molecule has 0 aliphatic heterocycles. The molecule has 0 bridgehead atoms. The smallest absolute Gasteiger partial charge is 0.249 e. The van der Waals surface area contributed by atoms with Crippen molar-refractivity contribution in [3.63, 3.8) is 0 Å². The van der Waals surface area contributed by atoms with Gasteiger partial charge in [-0.1, -0.05) is 47.9 Å². The van der Waals surface area contributed by atoms with Gasteiger partial charge in [0.05, 0.1) is 19.7 Å². The number of benzene rings is 3. The highest BCUT2D eigenvalue weighted by Crippen LogP contribution is 2.36. The summed E-state index contributed by atoms with van der Waals surface area (Å²) in [7, 11) is 3.12. The minimum Gasteiger partial charge on any atom is -0.497 e. The van der Waals surface area contributed by atoms with E-state index in [0.717, 1.165) is 36.8 Å². The van der Waals surface area contributed by atoms with E-state index in [4.69, 9.17) is 9.47 Å². The van der Waals surface area contributed by atoms with Gasteiger partial charge in [-0.3, -0.25) is 14.5 Å². The summed E-state index contributed by atoms with van der Waals surface area (Å²) in [5, 5.41) is 11.6. The molecule has 3 aromatic carbocycles. The third-order valence-electron chi connectivity index (χ3n) is 7.23. The Morgan fingerprint density at radius 3 is 2.49 bits per heavy atom. The molecule has 1 fully saturated rings. The van der Waals surface area contributed by atoms with Crippen LogP contribution in [-0.4, -0.2) is 47.1 Å². The van der Waals surface area contributed by atoms with Crippen LogP contribution in [0.25, 0.3) is 11.0 Å². The van der Waals surface area contributed by atoms with E-state index in [0.29, 0.717) is 28.3 Å². The van der Waals surface area contributed by atoms with E-state index >= 15 is 0 Å². The van der Waals surface area contributed by atoms with Gasteiger partial charge in [-0.2, -0.15) is 0 Å². The molecule has 1 N–H and O–H groups in total. The molecule has 202 valence electrons. The number of carbonyl (C=O) groups excluding carboxylic acids is 2. The number of methoxy groups -OCH3 is 2. The summed E-state index contributed by atoms with van der Waals surface area (Å²) in [6.07, 6.45) is 3.98. The number of rotatable bonds is 9. The van der Waals surface area contributed by atoms with Gasteiger partial charge in [0, 0.05) is 23.4 Å². The number of hydrogen-bond acceptors (Lipinski definition) is 6. The maximum Gasteiger partial charge on any atom is 0.249 e. The molecule has 1 aliphatic rings. The lowest BCUT2D eigenvalue weighted by atomic mass is 10.0. The number of nitrogens with one attached hydrogen (secondary N) is 1. The third kappa shape index (κ3) is 5.57. The molecule has 5 rings (SSSR count). The maximum absolute atomic E-state index is 14.2. The first-order valence-corrected chi connectivity index (χ1v) is 13.2. The average molecular weight is 528 g/mol. The van der Waals surface area contributed by atoms with Gasteiger partial charge in [0.25, 0.3) is 0 Å². The predicted molar refractivity (Wildman–Crippen MR) is 149 cm³/mol.